The van der Waals surface area contributed by atoms with Gasteiger partial charge in [-0.25, -0.2) is 0 Å². The van der Waals surface area contributed by atoms with Gasteiger partial charge in [0.25, 0.3) is 0 Å². The summed E-state index contributed by atoms with van der Waals surface area (Å²) >= 11 is 0. The molecule has 2 N–H and O–H groups in total. The minimum absolute atomic E-state index is 0.0404. The summed E-state index contributed by atoms with van der Waals surface area (Å²) in [7, 11) is 1.63. The summed E-state index contributed by atoms with van der Waals surface area (Å²) in [6.45, 7) is 6.06. The van der Waals surface area contributed by atoms with Crippen molar-refractivity contribution >= 4 is 5.91 Å². The van der Waals surface area contributed by atoms with Gasteiger partial charge in [-0.1, -0.05) is 19.0 Å². The number of aromatic nitrogens is 1. The van der Waals surface area contributed by atoms with E-state index in [1.165, 1.54) is 0 Å². The molecule has 0 spiro atoms. The number of amides is 1. The fraction of sp³-hybridized carbons (Fsp3) is 0.692. The fourth-order valence-corrected chi connectivity index (χ4v) is 1.76. The smallest absolute Gasteiger partial charge is 0.234 e. The summed E-state index contributed by atoms with van der Waals surface area (Å²) in [6, 6.07) is 0. The number of methoxy groups -OCH3 is 1. The number of aryl methyl sites for hydroxylation is 2. The normalized spacial score (nSPS) is 10.7. The summed E-state index contributed by atoms with van der Waals surface area (Å²) < 4.78 is 10.1. The first-order valence-electron chi connectivity index (χ1n) is 6.65. The number of hydrogen-bond donors (Lipinski definition) is 2. The Balaban J connectivity index is 2.39. The SMILES string of the molecule is CCc1noc(CC)c1CNC(=O)CNCCOC. The van der Waals surface area contributed by atoms with Gasteiger partial charge in [-0.2, -0.15) is 0 Å². The van der Waals surface area contributed by atoms with Gasteiger partial charge in [0.1, 0.15) is 5.76 Å². The molecule has 19 heavy (non-hydrogen) atoms. The van der Waals surface area contributed by atoms with Crippen molar-refractivity contribution in [3.63, 3.8) is 0 Å². The van der Waals surface area contributed by atoms with Crippen LogP contribution in [0.3, 0.4) is 0 Å². The van der Waals surface area contributed by atoms with Crippen LogP contribution in [0.1, 0.15) is 30.9 Å². The molecule has 0 bridgehead atoms. The second-order valence-corrected chi connectivity index (χ2v) is 4.18. The summed E-state index contributed by atoms with van der Waals surface area (Å²) in [5.74, 6) is 0.811. The van der Waals surface area contributed by atoms with Crippen LogP contribution in [0.4, 0.5) is 0 Å². The second kappa shape index (κ2) is 8.66. The summed E-state index contributed by atoms with van der Waals surface area (Å²) in [4.78, 5) is 11.6. The predicted molar refractivity (Wildman–Crippen MR) is 71.9 cm³/mol. The Labute approximate surface area is 113 Å². The zero-order valence-electron chi connectivity index (χ0n) is 11.9. The van der Waals surface area contributed by atoms with E-state index < -0.39 is 0 Å². The molecule has 1 aromatic rings. The van der Waals surface area contributed by atoms with Gasteiger partial charge in [-0.15, -0.1) is 0 Å². The van der Waals surface area contributed by atoms with Crippen molar-refractivity contribution in [1.82, 2.24) is 15.8 Å². The Morgan fingerprint density at radius 3 is 2.79 bits per heavy atom. The van der Waals surface area contributed by atoms with Gasteiger partial charge < -0.3 is 19.9 Å². The molecule has 6 heteroatoms. The van der Waals surface area contributed by atoms with E-state index in [1.807, 2.05) is 13.8 Å². The van der Waals surface area contributed by atoms with Gasteiger partial charge in [0, 0.05) is 32.2 Å². The number of carbonyl (C=O) groups is 1. The third-order valence-electron chi connectivity index (χ3n) is 2.84. The molecule has 0 aliphatic carbocycles. The number of carbonyl (C=O) groups excluding carboxylic acids is 1. The largest absolute Gasteiger partial charge is 0.383 e. The van der Waals surface area contributed by atoms with Crippen LogP contribution >= 0.6 is 0 Å². The average molecular weight is 269 g/mol. The Morgan fingerprint density at radius 1 is 1.37 bits per heavy atom. The molecule has 6 nitrogen and oxygen atoms in total. The summed E-state index contributed by atoms with van der Waals surface area (Å²) in [5, 5.41) is 9.88. The number of rotatable bonds is 9. The Bertz CT molecular complexity index is 369. The Morgan fingerprint density at radius 2 is 2.16 bits per heavy atom. The van der Waals surface area contributed by atoms with Crippen molar-refractivity contribution in [2.45, 2.75) is 33.2 Å². The lowest BCUT2D eigenvalue weighted by Gasteiger charge is -2.07. The molecule has 0 atom stereocenters. The minimum Gasteiger partial charge on any atom is -0.383 e. The number of nitrogens with zero attached hydrogens (tertiary/aromatic N) is 1. The van der Waals surface area contributed by atoms with Crippen molar-refractivity contribution in [1.29, 1.82) is 0 Å². The van der Waals surface area contributed by atoms with Crippen LogP contribution < -0.4 is 10.6 Å². The first kappa shape index (κ1) is 15.7. The lowest BCUT2D eigenvalue weighted by molar-refractivity contribution is -0.120. The van der Waals surface area contributed by atoms with Gasteiger partial charge in [0.15, 0.2) is 0 Å². The van der Waals surface area contributed by atoms with Gasteiger partial charge >= 0.3 is 0 Å². The van der Waals surface area contributed by atoms with Crippen LogP contribution in [-0.2, 0) is 28.9 Å². The molecule has 0 aliphatic rings. The molecular formula is C13H23N3O3. The first-order valence-corrected chi connectivity index (χ1v) is 6.65. The molecule has 0 fully saturated rings. The molecule has 0 aromatic carbocycles. The van der Waals surface area contributed by atoms with Crippen LogP contribution in [-0.4, -0.2) is 37.9 Å². The molecule has 1 heterocycles. The highest BCUT2D eigenvalue weighted by atomic mass is 16.5. The molecule has 0 unspecified atom stereocenters. The maximum atomic E-state index is 11.6. The zero-order valence-corrected chi connectivity index (χ0v) is 11.9. The van der Waals surface area contributed by atoms with Crippen molar-refractivity contribution in [3.8, 4) is 0 Å². The molecule has 108 valence electrons. The first-order chi connectivity index (χ1) is 9.22. The molecule has 0 radical (unpaired) electrons. The maximum Gasteiger partial charge on any atom is 0.234 e. The molecule has 0 saturated heterocycles. The lowest BCUT2D eigenvalue weighted by Crippen LogP contribution is -2.35. The average Bonchev–Trinajstić information content (AvgIpc) is 2.83. The second-order valence-electron chi connectivity index (χ2n) is 4.18. The highest BCUT2D eigenvalue weighted by molar-refractivity contribution is 5.78. The Hall–Kier alpha value is -1.40. The molecular weight excluding hydrogens is 246 g/mol. The predicted octanol–water partition coefficient (Wildman–Crippen LogP) is 0.652. The molecule has 1 rings (SSSR count). The van der Waals surface area contributed by atoms with E-state index in [4.69, 9.17) is 9.26 Å². The van der Waals surface area contributed by atoms with E-state index in [-0.39, 0.29) is 12.5 Å². The quantitative estimate of drug-likeness (QED) is 0.644. The molecule has 1 amide bonds. The van der Waals surface area contributed by atoms with E-state index in [0.717, 1.165) is 29.9 Å². The van der Waals surface area contributed by atoms with Crippen molar-refractivity contribution < 1.29 is 14.1 Å². The molecule has 0 aliphatic heterocycles. The zero-order chi connectivity index (χ0) is 14.1. The molecule has 0 saturated carbocycles. The van der Waals surface area contributed by atoms with Crippen LogP contribution in [0.25, 0.3) is 0 Å². The van der Waals surface area contributed by atoms with Crippen molar-refractivity contribution in [2.24, 2.45) is 0 Å². The third-order valence-corrected chi connectivity index (χ3v) is 2.84. The van der Waals surface area contributed by atoms with Crippen LogP contribution in [0, 0.1) is 0 Å². The van der Waals surface area contributed by atoms with Crippen molar-refractivity contribution in [3.05, 3.63) is 17.0 Å². The summed E-state index contributed by atoms with van der Waals surface area (Å²) in [6.07, 6.45) is 1.59. The highest BCUT2D eigenvalue weighted by Gasteiger charge is 2.13. The van der Waals surface area contributed by atoms with Crippen molar-refractivity contribution in [2.75, 3.05) is 26.8 Å². The van der Waals surface area contributed by atoms with Crippen LogP contribution in [0.15, 0.2) is 4.52 Å². The maximum absolute atomic E-state index is 11.6. The number of nitrogens with one attached hydrogen (secondary N) is 2. The van der Waals surface area contributed by atoms with Gasteiger partial charge in [-0.05, 0) is 6.42 Å². The van der Waals surface area contributed by atoms with E-state index in [2.05, 4.69) is 15.8 Å². The lowest BCUT2D eigenvalue weighted by atomic mass is 10.1. The standard InChI is InChI=1S/C13H23N3O3/c1-4-11-10(12(5-2)19-16-11)8-15-13(17)9-14-6-7-18-3/h14H,4-9H2,1-3H3,(H,15,17). The summed E-state index contributed by atoms with van der Waals surface area (Å²) in [5.41, 5.74) is 1.93. The monoisotopic (exact) mass is 269 g/mol. The molecule has 1 aromatic heterocycles. The van der Waals surface area contributed by atoms with Crippen LogP contribution in [0.5, 0.6) is 0 Å². The van der Waals surface area contributed by atoms with Gasteiger partial charge in [-0.3, -0.25) is 4.79 Å². The van der Waals surface area contributed by atoms with E-state index in [1.54, 1.807) is 7.11 Å². The third kappa shape index (κ3) is 5.00. The van der Waals surface area contributed by atoms with Gasteiger partial charge in [0.05, 0.1) is 18.8 Å². The number of hydrogen-bond acceptors (Lipinski definition) is 5. The minimum atomic E-state index is -0.0404. The Kier molecular flexibility index (Phi) is 7.14. The van der Waals surface area contributed by atoms with Crippen LogP contribution in [0.2, 0.25) is 0 Å². The fourth-order valence-electron chi connectivity index (χ4n) is 1.76. The topological polar surface area (TPSA) is 76.4 Å². The van der Waals surface area contributed by atoms with E-state index in [9.17, 15) is 4.79 Å². The highest BCUT2D eigenvalue weighted by Crippen LogP contribution is 2.15. The number of ether oxygens (including phenoxy) is 1. The van der Waals surface area contributed by atoms with E-state index >= 15 is 0 Å². The van der Waals surface area contributed by atoms with Gasteiger partial charge in [0.2, 0.25) is 5.91 Å². The van der Waals surface area contributed by atoms with E-state index in [0.29, 0.717) is 19.7 Å².